The van der Waals surface area contributed by atoms with Crippen molar-refractivity contribution in [2.24, 2.45) is 0 Å². The maximum atomic E-state index is 11.4. The van der Waals surface area contributed by atoms with Crippen LogP contribution in [0.1, 0.15) is 42.2 Å². The first kappa shape index (κ1) is 22.3. The molecular formula is C25H28N2O4S. The summed E-state index contributed by atoms with van der Waals surface area (Å²) < 4.78 is 11.2. The van der Waals surface area contributed by atoms with Gasteiger partial charge >= 0.3 is 5.97 Å². The van der Waals surface area contributed by atoms with E-state index in [2.05, 4.69) is 9.88 Å². The largest absolute Gasteiger partial charge is 0.480 e. The summed E-state index contributed by atoms with van der Waals surface area (Å²) in [7, 11) is 4.02. The summed E-state index contributed by atoms with van der Waals surface area (Å²) in [5.41, 5.74) is 2.92. The van der Waals surface area contributed by atoms with Gasteiger partial charge < -0.3 is 18.8 Å². The first-order valence-corrected chi connectivity index (χ1v) is 11.7. The molecule has 4 rings (SSSR count). The van der Waals surface area contributed by atoms with E-state index in [0.717, 1.165) is 53.5 Å². The quantitative estimate of drug-likeness (QED) is 0.449. The molecule has 168 valence electrons. The van der Waals surface area contributed by atoms with Crippen molar-refractivity contribution in [3.63, 3.8) is 0 Å². The average Bonchev–Trinajstić information content (AvgIpc) is 3.33. The van der Waals surface area contributed by atoms with Crippen LogP contribution in [0.25, 0.3) is 17.5 Å². The Labute approximate surface area is 192 Å². The van der Waals surface area contributed by atoms with Crippen LogP contribution in [0.2, 0.25) is 0 Å². The molecule has 32 heavy (non-hydrogen) atoms. The minimum atomic E-state index is -0.696. The second-order valence-electron chi connectivity index (χ2n) is 8.31. The van der Waals surface area contributed by atoms with Crippen molar-refractivity contribution in [2.75, 3.05) is 24.7 Å². The van der Waals surface area contributed by atoms with Crippen molar-refractivity contribution in [3.8, 4) is 11.5 Å². The highest BCUT2D eigenvalue weighted by Crippen LogP contribution is 2.44. The van der Waals surface area contributed by atoms with Gasteiger partial charge in [0.05, 0.1) is 12.1 Å². The third-order valence-corrected chi connectivity index (χ3v) is 7.33. The second kappa shape index (κ2) is 9.28. The zero-order valence-electron chi connectivity index (χ0n) is 18.6. The maximum Gasteiger partial charge on any atom is 0.319 e. The van der Waals surface area contributed by atoms with Gasteiger partial charge in [0.2, 0.25) is 5.89 Å². The van der Waals surface area contributed by atoms with E-state index in [1.807, 2.05) is 69.6 Å². The number of furan rings is 1. The number of oxazole rings is 1. The molecule has 1 saturated carbocycles. The van der Waals surface area contributed by atoms with Gasteiger partial charge in [-0.1, -0.05) is 6.08 Å². The Morgan fingerprint density at radius 1 is 1.19 bits per heavy atom. The molecule has 0 saturated heterocycles. The van der Waals surface area contributed by atoms with Crippen molar-refractivity contribution in [1.82, 2.24) is 4.98 Å². The highest BCUT2D eigenvalue weighted by Gasteiger charge is 2.44. The van der Waals surface area contributed by atoms with E-state index < -0.39 is 10.7 Å². The fourth-order valence-electron chi connectivity index (χ4n) is 3.65. The van der Waals surface area contributed by atoms with Crippen LogP contribution in [-0.4, -0.2) is 40.7 Å². The van der Waals surface area contributed by atoms with E-state index in [1.165, 1.54) is 11.8 Å². The lowest BCUT2D eigenvalue weighted by Crippen LogP contribution is -2.42. The minimum absolute atomic E-state index is 0.551. The van der Waals surface area contributed by atoms with Gasteiger partial charge in [-0.3, -0.25) is 4.79 Å². The Bertz CT molecular complexity index is 1110. The number of rotatable bonds is 9. The van der Waals surface area contributed by atoms with Crippen molar-refractivity contribution in [3.05, 3.63) is 65.4 Å². The number of carboxylic acid groups (broad SMARTS) is 1. The molecule has 3 aromatic rings. The minimum Gasteiger partial charge on any atom is -0.480 e. The van der Waals surface area contributed by atoms with Crippen LogP contribution in [0.3, 0.4) is 0 Å². The summed E-state index contributed by atoms with van der Waals surface area (Å²) >= 11 is 1.50. The van der Waals surface area contributed by atoms with Gasteiger partial charge in [-0.15, -0.1) is 11.8 Å². The maximum absolute atomic E-state index is 11.4. The highest BCUT2D eigenvalue weighted by molar-refractivity contribution is 8.01. The number of hydrogen-bond donors (Lipinski definition) is 1. The van der Waals surface area contributed by atoms with Gasteiger partial charge in [0.25, 0.3) is 0 Å². The van der Waals surface area contributed by atoms with Crippen LogP contribution in [0.5, 0.6) is 0 Å². The molecule has 1 N–H and O–H groups in total. The number of anilines is 1. The van der Waals surface area contributed by atoms with E-state index in [0.29, 0.717) is 18.1 Å². The van der Waals surface area contributed by atoms with Crippen LogP contribution in [-0.2, 0) is 11.2 Å². The summed E-state index contributed by atoms with van der Waals surface area (Å²) in [5, 5.41) is 9.40. The number of carboxylic acids is 1. The molecule has 1 aromatic carbocycles. The molecule has 1 aliphatic carbocycles. The SMILES string of the molecule is Cc1oc(-c2ccc(N(C)C)cc2)nc1Cc1ccc(/C=C/CSC2(C(=O)O)CCC2)o1. The zero-order valence-corrected chi connectivity index (χ0v) is 19.4. The van der Waals surface area contributed by atoms with Gasteiger partial charge in [-0.2, -0.15) is 0 Å². The van der Waals surface area contributed by atoms with E-state index >= 15 is 0 Å². The molecule has 2 heterocycles. The lowest BCUT2D eigenvalue weighted by Gasteiger charge is -2.36. The third kappa shape index (κ3) is 4.78. The molecule has 0 spiro atoms. The van der Waals surface area contributed by atoms with E-state index in [1.54, 1.807) is 0 Å². The molecule has 2 aromatic heterocycles. The number of benzene rings is 1. The molecule has 1 aliphatic rings. The smallest absolute Gasteiger partial charge is 0.319 e. The van der Waals surface area contributed by atoms with Crippen molar-refractivity contribution in [2.45, 2.75) is 37.4 Å². The average molecular weight is 453 g/mol. The molecule has 1 fully saturated rings. The number of carbonyl (C=O) groups is 1. The Hall–Kier alpha value is -2.93. The number of nitrogens with zero attached hydrogens (tertiary/aromatic N) is 2. The molecule has 6 nitrogen and oxygen atoms in total. The Morgan fingerprint density at radius 3 is 2.56 bits per heavy atom. The lowest BCUT2D eigenvalue weighted by atomic mass is 9.84. The van der Waals surface area contributed by atoms with E-state index in [-0.39, 0.29) is 0 Å². The predicted octanol–water partition coefficient (Wildman–Crippen LogP) is 5.65. The number of aliphatic carboxylic acids is 1. The second-order valence-corrected chi connectivity index (χ2v) is 9.71. The Balaban J connectivity index is 1.36. The fourth-order valence-corrected chi connectivity index (χ4v) is 4.86. The van der Waals surface area contributed by atoms with Gasteiger partial charge in [0, 0.05) is 31.1 Å². The molecular weight excluding hydrogens is 424 g/mol. The molecule has 0 bridgehead atoms. The summed E-state index contributed by atoms with van der Waals surface area (Å²) in [6, 6.07) is 12.0. The predicted molar refractivity (Wildman–Crippen MR) is 128 cm³/mol. The van der Waals surface area contributed by atoms with E-state index in [9.17, 15) is 9.90 Å². The number of aromatic nitrogens is 1. The number of aryl methyl sites for hydroxylation is 1. The fraction of sp³-hybridized carbons (Fsp3) is 0.360. The van der Waals surface area contributed by atoms with Crippen LogP contribution >= 0.6 is 11.8 Å². The summed E-state index contributed by atoms with van der Waals surface area (Å²) in [4.78, 5) is 18.2. The lowest BCUT2D eigenvalue weighted by molar-refractivity contribution is -0.142. The Kier molecular flexibility index (Phi) is 6.46. The first-order chi connectivity index (χ1) is 15.4. The van der Waals surface area contributed by atoms with Crippen molar-refractivity contribution < 1.29 is 18.7 Å². The first-order valence-electron chi connectivity index (χ1n) is 10.7. The standard InChI is InChI=1S/C25H28N2O4S/c1-17-22(26-23(30-17)18-7-9-19(10-8-18)27(2)3)16-21-12-11-20(31-21)6-4-15-32-25(24(28)29)13-5-14-25/h4,6-12H,5,13-16H2,1-3H3,(H,28,29)/b6-4+. The molecule has 0 radical (unpaired) electrons. The molecule has 0 atom stereocenters. The van der Waals surface area contributed by atoms with Gasteiger partial charge in [-0.25, -0.2) is 4.98 Å². The van der Waals surface area contributed by atoms with Crippen LogP contribution in [0.15, 0.2) is 51.3 Å². The van der Waals surface area contributed by atoms with Gasteiger partial charge in [0.15, 0.2) is 0 Å². The highest BCUT2D eigenvalue weighted by atomic mass is 32.2. The summed E-state index contributed by atoms with van der Waals surface area (Å²) in [5.74, 6) is 2.90. The third-order valence-electron chi connectivity index (χ3n) is 5.84. The normalized spacial score (nSPS) is 15.1. The number of hydrogen-bond acceptors (Lipinski definition) is 6. The van der Waals surface area contributed by atoms with Crippen LogP contribution in [0.4, 0.5) is 5.69 Å². The van der Waals surface area contributed by atoms with Crippen LogP contribution in [0, 0.1) is 6.92 Å². The molecule has 7 heteroatoms. The molecule has 0 amide bonds. The van der Waals surface area contributed by atoms with Crippen LogP contribution < -0.4 is 4.90 Å². The van der Waals surface area contributed by atoms with Gasteiger partial charge in [0.1, 0.15) is 22.0 Å². The van der Waals surface area contributed by atoms with Crippen molar-refractivity contribution in [1.29, 1.82) is 0 Å². The number of thioether (sulfide) groups is 1. The monoisotopic (exact) mass is 452 g/mol. The summed E-state index contributed by atoms with van der Waals surface area (Å²) in [6.45, 7) is 1.92. The molecule has 0 aliphatic heterocycles. The Morgan fingerprint density at radius 2 is 1.94 bits per heavy atom. The zero-order chi connectivity index (χ0) is 22.7. The van der Waals surface area contributed by atoms with Crippen molar-refractivity contribution >= 4 is 29.5 Å². The summed E-state index contributed by atoms with van der Waals surface area (Å²) in [6.07, 6.45) is 6.92. The topological polar surface area (TPSA) is 79.7 Å². The molecule has 0 unspecified atom stereocenters. The van der Waals surface area contributed by atoms with Gasteiger partial charge in [-0.05, 0) is 68.7 Å². The van der Waals surface area contributed by atoms with E-state index in [4.69, 9.17) is 8.83 Å².